The van der Waals surface area contributed by atoms with E-state index in [0.717, 1.165) is 6.07 Å². The van der Waals surface area contributed by atoms with Crippen molar-refractivity contribution in [1.29, 1.82) is 0 Å². The third-order valence-electron chi connectivity index (χ3n) is 4.46. The normalized spacial score (nSPS) is 14.0. The second kappa shape index (κ2) is 10.1. The maximum Gasteiger partial charge on any atom is 0.305 e. The van der Waals surface area contributed by atoms with Crippen LogP contribution < -0.4 is 10.0 Å². The molecule has 0 radical (unpaired) electrons. The van der Waals surface area contributed by atoms with Gasteiger partial charge in [0.25, 0.3) is 5.91 Å². The summed E-state index contributed by atoms with van der Waals surface area (Å²) in [6.45, 7) is 8.30. The quantitative estimate of drug-likeness (QED) is 0.431. The predicted molar refractivity (Wildman–Crippen MR) is 122 cm³/mol. The summed E-state index contributed by atoms with van der Waals surface area (Å²) in [5.74, 6) is 3.16. The second-order valence-corrected chi connectivity index (χ2v) is 10.3. The number of carbonyl (C=O) groups is 2. The first kappa shape index (κ1) is 25.3. The van der Waals surface area contributed by atoms with Crippen molar-refractivity contribution >= 4 is 28.9 Å². The number of hydrogen-bond donors (Lipinski definition) is 3. The van der Waals surface area contributed by atoms with Crippen LogP contribution in [0.3, 0.4) is 0 Å². The molecule has 9 heteroatoms. The van der Waals surface area contributed by atoms with Crippen LogP contribution in [-0.2, 0) is 21.7 Å². The van der Waals surface area contributed by atoms with Gasteiger partial charge in [0.1, 0.15) is 16.3 Å². The molecular weight excluding hydrogens is 433 g/mol. The predicted octanol–water partition coefficient (Wildman–Crippen LogP) is 3.59. The summed E-state index contributed by atoms with van der Waals surface area (Å²) in [6.07, 6.45) is 0.946. The van der Waals surface area contributed by atoms with Gasteiger partial charge in [-0.1, -0.05) is 5.92 Å². The lowest BCUT2D eigenvalue weighted by Crippen LogP contribution is -2.51. The van der Waals surface area contributed by atoms with E-state index in [1.54, 1.807) is 33.8 Å². The van der Waals surface area contributed by atoms with Gasteiger partial charge in [-0.25, -0.2) is 9.37 Å². The molecule has 0 aliphatic heterocycles. The first-order valence-electron chi connectivity index (χ1n) is 9.77. The van der Waals surface area contributed by atoms with Gasteiger partial charge in [0, 0.05) is 34.4 Å². The topological polar surface area (TPSA) is 114 Å². The van der Waals surface area contributed by atoms with Crippen molar-refractivity contribution in [2.24, 2.45) is 0 Å². The van der Waals surface area contributed by atoms with Gasteiger partial charge in [0.2, 0.25) is 0 Å². The maximum absolute atomic E-state index is 14.8. The van der Waals surface area contributed by atoms with E-state index in [4.69, 9.17) is 0 Å². The fourth-order valence-corrected chi connectivity index (χ4v) is 3.71. The SMILES string of the molecule is CC#Cc1ccc(C(=O)Nc2ccc(F)c(C(C)(CC(=O)O)N[S+]([O-])C(C)(C)C)c2)nc1. The molecule has 1 aromatic carbocycles. The van der Waals surface area contributed by atoms with Gasteiger partial charge in [-0.2, -0.15) is 0 Å². The Labute approximate surface area is 190 Å². The Balaban J connectivity index is 2.36. The highest BCUT2D eigenvalue weighted by Crippen LogP contribution is 2.32. The van der Waals surface area contributed by atoms with E-state index in [0.29, 0.717) is 5.56 Å². The summed E-state index contributed by atoms with van der Waals surface area (Å²) >= 11 is -1.67. The molecule has 2 atom stereocenters. The second-order valence-electron chi connectivity index (χ2n) is 8.34. The van der Waals surface area contributed by atoms with Gasteiger partial charge in [0.15, 0.2) is 0 Å². The van der Waals surface area contributed by atoms with E-state index in [9.17, 15) is 23.6 Å². The molecule has 0 aliphatic carbocycles. The molecule has 0 spiro atoms. The standard InChI is InChI=1S/C23H26FN3O4S/c1-6-7-15-8-11-19(25-14-15)21(30)26-16-9-10-18(24)17(12-16)23(5,13-20(28)29)27-32(31)22(2,3)4/h8-12,14,27H,13H2,1-5H3,(H,26,30)(H,28,29). The van der Waals surface area contributed by atoms with Crippen molar-refractivity contribution in [3.05, 3.63) is 59.2 Å². The van der Waals surface area contributed by atoms with Gasteiger partial charge >= 0.3 is 5.97 Å². The third kappa shape index (κ3) is 6.53. The van der Waals surface area contributed by atoms with Gasteiger partial charge in [-0.3, -0.25) is 9.59 Å². The van der Waals surface area contributed by atoms with Crippen molar-refractivity contribution in [1.82, 2.24) is 9.71 Å². The molecule has 3 N–H and O–H groups in total. The van der Waals surface area contributed by atoms with Crippen LogP contribution in [0.5, 0.6) is 0 Å². The number of nitrogens with one attached hydrogen (secondary N) is 2. The molecule has 1 heterocycles. The molecule has 0 saturated heterocycles. The monoisotopic (exact) mass is 459 g/mol. The number of carboxylic acids is 1. The van der Waals surface area contributed by atoms with Crippen molar-refractivity contribution in [2.45, 2.75) is 51.3 Å². The number of pyridine rings is 1. The highest BCUT2D eigenvalue weighted by molar-refractivity contribution is 7.90. The molecule has 0 saturated carbocycles. The first-order chi connectivity index (χ1) is 14.9. The molecule has 170 valence electrons. The van der Waals surface area contributed by atoms with E-state index < -0.39 is 45.8 Å². The molecule has 0 fully saturated rings. The Morgan fingerprint density at radius 3 is 2.44 bits per heavy atom. The van der Waals surface area contributed by atoms with Crippen LogP contribution in [0.25, 0.3) is 0 Å². The van der Waals surface area contributed by atoms with E-state index in [2.05, 4.69) is 26.9 Å². The van der Waals surface area contributed by atoms with Crippen LogP contribution in [0.2, 0.25) is 0 Å². The fourth-order valence-electron chi connectivity index (χ4n) is 2.81. The number of aliphatic carboxylic acids is 1. The van der Waals surface area contributed by atoms with E-state index in [1.807, 2.05) is 0 Å². The largest absolute Gasteiger partial charge is 0.598 e. The number of rotatable bonds is 7. The van der Waals surface area contributed by atoms with Gasteiger partial charge < -0.3 is 15.0 Å². The number of halogens is 1. The number of benzene rings is 1. The highest BCUT2D eigenvalue weighted by Gasteiger charge is 2.40. The summed E-state index contributed by atoms with van der Waals surface area (Å²) in [7, 11) is 0. The Morgan fingerprint density at radius 2 is 1.91 bits per heavy atom. The zero-order valence-electron chi connectivity index (χ0n) is 18.6. The summed E-state index contributed by atoms with van der Waals surface area (Å²) in [5.41, 5.74) is -0.483. The number of anilines is 1. The van der Waals surface area contributed by atoms with Crippen LogP contribution in [-0.4, -0.2) is 31.3 Å². The molecule has 1 amide bonds. The lowest BCUT2D eigenvalue weighted by Gasteiger charge is -2.34. The van der Waals surface area contributed by atoms with Crippen LogP contribution in [0, 0.1) is 17.7 Å². The molecule has 2 rings (SSSR count). The Morgan fingerprint density at radius 1 is 1.22 bits per heavy atom. The zero-order valence-corrected chi connectivity index (χ0v) is 19.4. The zero-order chi connectivity index (χ0) is 24.1. The number of carboxylic acid groups (broad SMARTS) is 1. The van der Waals surface area contributed by atoms with Crippen molar-refractivity contribution < 1.29 is 23.6 Å². The Bertz CT molecular complexity index is 1060. The Kier molecular flexibility index (Phi) is 8.02. The summed E-state index contributed by atoms with van der Waals surface area (Å²) < 4.78 is 29.5. The average molecular weight is 460 g/mol. The van der Waals surface area contributed by atoms with Gasteiger partial charge in [-0.15, -0.1) is 10.6 Å². The number of carbonyl (C=O) groups excluding carboxylic acids is 1. The minimum atomic E-state index is -1.67. The lowest BCUT2D eigenvalue weighted by atomic mass is 9.89. The molecule has 2 unspecified atom stereocenters. The third-order valence-corrected chi connectivity index (χ3v) is 6.21. The first-order valence-corrected chi connectivity index (χ1v) is 10.9. The van der Waals surface area contributed by atoms with Gasteiger partial charge in [-0.05, 0) is 65.0 Å². The van der Waals surface area contributed by atoms with E-state index >= 15 is 0 Å². The van der Waals surface area contributed by atoms with Gasteiger partial charge in [0.05, 0.1) is 12.0 Å². The summed E-state index contributed by atoms with van der Waals surface area (Å²) in [4.78, 5) is 28.1. The molecular formula is C23H26FN3O4S. The van der Waals surface area contributed by atoms with Crippen molar-refractivity contribution in [3.63, 3.8) is 0 Å². The molecule has 0 aliphatic rings. The number of amides is 1. The van der Waals surface area contributed by atoms with Crippen molar-refractivity contribution in [3.8, 4) is 11.8 Å². The maximum atomic E-state index is 14.8. The van der Waals surface area contributed by atoms with Crippen LogP contribution >= 0.6 is 0 Å². The molecule has 7 nitrogen and oxygen atoms in total. The highest BCUT2D eigenvalue weighted by atomic mass is 32.2. The lowest BCUT2D eigenvalue weighted by molar-refractivity contribution is -0.138. The molecule has 0 bridgehead atoms. The fraction of sp³-hybridized carbons (Fsp3) is 0.348. The molecule has 1 aromatic heterocycles. The van der Waals surface area contributed by atoms with E-state index in [-0.39, 0.29) is 16.9 Å². The smallest absolute Gasteiger partial charge is 0.305 e. The Hall–Kier alpha value is -2.93. The number of nitrogens with zero attached hydrogens (tertiary/aromatic N) is 1. The molecule has 2 aromatic rings. The minimum absolute atomic E-state index is 0.0307. The van der Waals surface area contributed by atoms with Crippen LogP contribution in [0.4, 0.5) is 10.1 Å². The van der Waals surface area contributed by atoms with E-state index in [1.165, 1.54) is 31.3 Å². The van der Waals surface area contributed by atoms with Crippen molar-refractivity contribution in [2.75, 3.05) is 5.32 Å². The number of aromatic nitrogens is 1. The summed E-state index contributed by atoms with van der Waals surface area (Å²) in [6, 6.07) is 6.99. The van der Waals surface area contributed by atoms with Crippen LogP contribution in [0.15, 0.2) is 36.5 Å². The average Bonchev–Trinajstić information content (AvgIpc) is 2.68. The number of hydrogen-bond acceptors (Lipinski definition) is 5. The van der Waals surface area contributed by atoms with Crippen LogP contribution in [0.1, 0.15) is 62.7 Å². The molecule has 32 heavy (non-hydrogen) atoms. The summed E-state index contributed by atoms with van der Waals surface area (Å²) in [5, 5.41) is 12.0. The minimum Gasteiger partial charge on any atom is -0.598 e.